The Bertz CT molecular complexity index is 155. The number of hydrazine groups is 1. The van der Waals surface area contributed by atoms with E-state index in [1.165, 1.54) is 16.7 Å². The molecule has 4 N–H and O–H groups in total. The molecule has 0 aromatic rings. The van der Waals surface area contributed by atoms with Crippen LogP contribution in [0, 0.1) is 0 Å². The third-order valence-electron chi connectivity index (χ3n) is 1.45. The standard InChI is InChI=1S/C5H11N3O2S/c6-7-5-8(1-2-9)4(10)3-11-5/h5,7,9H,1-3,6H2. The highest BCUT2D eigenvalue weighted by molar-refractivity contribution is 8.00. The van der Waals surface area contributed by atoms with Gasteiger partial charge in [-0.2, -0.15) is 0 Å². The molecule has 1 aliphatic heterocycles. The number of hydrogen-bond donors (Lipinski definition) is 3. The Hall–Kier alpha value is -0.300. The van der Waals surface area contributed by atoms with Gasteiger partial charge >= 0.3 is 0 Å². The quantitative estimate of drug-likeness (QED) is 0.354. The summed E-state index contributed by atoms with van der Waals surface area (Å²) in [6, 6.07) is 0. The molecule has 64 valence electrons. The van der Waals surface area contributed by atoms with Crippen molar-refractivity contribution in [3.8, 4) is 0 Å². The molecule has 1 saturated heterocycles. The van der Waals surface area contributed by atoms with E-state index >= 15 is 0 Å². The van der Waals surface area contributed by atoms with Gasteiger partial charge in [-0.3, -0.25) is 10.6 Å². The van der Waals surface area contributed by atoms with E-state index in [9.17, 15) is 4.79 Å². The van der Waals surface area contributed by atoms with Crippen LogP contribution in [0.3, 0.4) is 0 Å². The molecule has 0 spiro atoms. The van der Waals surface area contributed by atoms with Gasteiger partial charge in [0.05, 0.1) is 12.4 Å². The van der Waals surface area contributed by atoms with Gasteiger partial charge in [-0.05, 0) is 0 Å². The van der Waals surface area contributed by atoms with E-state index < -0.39 is 0 Å². The van der Waals surface area contributed by atoms with Crippen molar-refractivity contribution in [2.24, 2.45) is 5.84 Å². The molecule has 1 rings (SSSR count). The third-order valence-corrected chi connectivity index (χ3v) is 2.57. The van der Waals surface area contributed by atoms with Crippen molar-refractivity contribution in [1.29, 1.82) is 0 Å². The first-order valence-electron chi connectivity index (χ1n) is 3.27. The number of rotatable bonds is 3. The van der Waals surface area contributed by atoms with E-state index in [4.69, 9.17) is 10.9 Å². The number of aliphatic hydroxyl groups is 1. The van der Waals surface area contributed by atoms with Crippen LogP contribution in [0.5, 0.6) is 0 Å². The second-order valence-electron chi connectivity index (χ2n) is 2.14. The van der Waals surface area contributed by atoms with Crippen LogP contribution in [0.25, 0.3) is 0 Å². The maximum absolute atomic E-state index is 11.0. The highest BCUT2D eigenvalue weighted by Crippen LogP contribution is 2.20. The number of carbonyl (C=O) groups excluding carboxylic acids is 1. The van der Waals surface area contributed by atoms with Crippen LogP contribution in [0.15, 0.2) is 0 Å². The van der Waals surface area contributed by atoms with Crippen LogP contribution >= 0.6 is 11.8 Å². The number of nitrogens with one attached hydrogen (secondary N) is 1. The molecule has 5 nitrogen and oxygen atoms in total. The van der Waals surface area contributed by atoms with E-state index in [0.29, 0.717) is 12.3 Å². The minimum atomic E-state index is -0.172. The van der Waals surface area contributed by atoms with Crippen molar-refractivity contribution in [3.63, 3.8) is 0 Å². The number of amides is 1. The lowest BCUT2D eigenvalue weighted by atomic mass is 10.5. The van der Waals surface area contributed by atoms with Gasteiger partial charge in [0.2, 0.25) is 5.91 Å². The van der Waals surface area contributed by atoms with Crippen LogP contribution in [0.1, 0.15) is 0 Å². The second kappa shape index (κ2) is 3.91. The van der Waals surface area contributed by atoms with E-state index in [-0.39, 0.29) is 18.0 Å². The maximum Gasteiger partial charge on any atom is 0.234 e. The number of hydrogen-bond acceptors (Lipinski definition) is 5. The Labute approximate surface area is 68.9 Å². The number of β-amino-alcohol motifs (C(OH)–C–C–N with tert-alkyl or cyclic N) is 1. The first-order chi connectivity index (χ1) is 5.29. The van der Waals surface area contributed by atoms with Crippen molar-refractivity contribution in [2.75, 3.05) is 18.9 Å². The maximum atomic E-state index is 11.0. The molecular formula is C5H11N3O2S. The average molecular weight is 177 g/mol. The summed E-state index contributed by atoms with van der Waals surface area (Å²) in [4.78, 5) is 12.6. The largest absolute Gasteiger partial charge is 0.395 e. The Balaban J connectivity index is 2.49. The molecule has 1 aliphatic rings. The first-order valence-corrected chi connectivity index (χ1v) is 4.32. The number of carbonyl (C=O) groups is 1. The predicted molar refractivity (Wildman–Crippen MR) is 42.4 cm³/mol. The summed E-state index contributed by atoms with van der Waals surface area (Å²) in [5.41, 5.74) is 2.31. The van der Waals surface area contributed by atoms with Crippen LogP contribution in [-0.2, 0) is 4.79 Å². The van der Waals surface area contributed by atoms with Gasteiger partial charge in [0.25, 0.3) is 0 Å². The normalized spacial score (nSPS) is 24.7. The zero-order chi connectivity index (χ0) is 8.27. The molecule has 1 fully saturated rings. The van der Waals surface area contributed by atoms with Crippen LogP contribution in [0.4, 0.5) is 0 Å². The SMILES string of the molecule is NNC1SCC(=O)N1CCO. The molecule has 1 amide bonds. The summed E-state index contributed by atoms with van der Waals surface area (Å²) in [6.45, 7) is 0.325. The summed E-state index contributed by atoms with van der Waals surface area (Å²) in [5.74, 6) is 5.63. The average Bonchev–Trinajstić information content (AvgIpc) is 2.34. The molecule has 0 saturated carbocycles. The number of nitrogens with two attached hydrogens (primary N) is 1. The van der Waals surface area contributed by atoms with Crippen molar-refractivity contribution < 1.29 is 9.90 Å². The number of nitrogens with zero attached hydrogens (tertiary/aromatic N) is 1. The lowest BCUT2D eigenvalue weighted by Gasteiger charge is -2.21. The van der Waals surface area contributed by atoms with Crippen LogP contribution < -0.4 is 11.3 Å². The predicted octanol–water partition coefficient (Wildman–Crippen LogP) is -1.70. The molecule has 11 heavy (non-hydrogen) atoms. The highest BCUT2D eigenvalue weighted by Gasteiger charge is 2.29. The molecule has 0 aliphatic carbocycles. The fraction of sp³-hybridized carbons (Fsp3) is 0.800. The topological polar surface area (TPSA) is 78.6 Å². The summed E-state index contributed by atoms with van der Waals surface area (Å²) in [6.07, 6.45) is 0. The summed E-state index contributed by atoms with van der Waals surface area (Å²) in [7, 11) is 0. The Morgan fingerprint density at radius 2 is 2.64 bits per heavy atom. The van der Waals surface area contributed by atoms with Crippen LogP contribution in [0.2, 0.25) is 0 Å². The van der Waals surface area contributed by atoms with Crippen molar-refractivity contribution in [1.82, 2.24) is 10.3 Å². The first kappa shape index (κ1) is 8.79. The zero-order valence-corrected chi connectivity index (χ0v) is 6.80. The van der Waals surface area contributed by atoms with E-state index in [1.54, 1.807) is 0 Å². The van der Waals surface area contributed by atoms with Gasteiger partial charge in [0.15, 0.2) is 0 Å². The molecule has 0 aromatic carbocycles. The lowest BCUT2D eigenvalue weighted by Crippen LogP contribution is -2.46. The third kappa shape index (κ3) is 1.84. The molecule has 1 atom stereocenters. The smallest absolute Gasteiger partial charge is 0.234 e. The fourth-order valence-electron chi connectivity index (χ4n) is 0.942. The molecule has 0 radical (unpaired) electrons. The van der Waals surface area contributed by atoms with Gasteiger partial charge in [-0.15, -0.1) is 11.8 Å². The monoisotopic (exact) mass is 177 g/mol. The van der Waals surface area contributed by atoms with Gasteiger partial charge < -0.3 is 10.0 Å². The van der Waals surface area contributed by atoms with Crippen molar-refractivity contribution >= 4 is 17.7 Å². The minimum Gasteiger partial charge on any atom is -0.395 e. The number of thioether (sulfide) groups is 1. The lowest BCUT2D eigenvalue weighted by molar-refractivity contribution is -0.128. The van der Waals surface area contributed by atoms with Gasteiger partial charge in [0.1, 0.15) is 5.50 Å². The van der Waals surface area contributed by atoms with Gasteiger partial charge in [-0.1, -0.05) is 0 Å². The van der Waals surface area contributed by atoms with Crippen molar-refractivity contribution in [3.05, 3.63) is 0 Å². The fourth-order valence-corrected chi connectivity index (χ4v) is 1.91. The minimum absolute atomic E-state index is 0.0204. The Kier molecular flexibility index (Phi) is 3.13. The summed E-state index contributed by atoms with van der Waals surface area (Å²) < 4.78 is 0. The molecule has 0 aromatic heterocycles. The van der Waals surface area contributed by atoms with Gasteiger partial charge in [-0.25, -0.2) is 5.43 Å². The molecule has 6 heteroatoms. The van der Waals surface area contributed by atoms with Crippen LogP contribution in [-0.4, -0.2) is 40.3 Å². The van der Waals surface area contributed by atoms with E-state index in [2.05, 4.69) is 5.43 Å². The van der Waals surface area contributed by atoms with Gasteiger partial charge in [0, 0.05) is 6.54 Å². The summed E-state index contributed by atoms with van der Waals surface area (Å²) in [5, 5.41) is 8.59. The second-order valence-corrected chi connectivity index (χ2v) is 3.21. The highest BCUT2D eigenvalue weighted by atomic mass is 32.2. The molecule has 1 unspecified atom stereocenters. The Morgan fingerprint density at radius 1 is 1.91 bits per heavy atom. The molecule has 1 heterocycles. The number of aliphatic hydroxyl groups excluding tert-OH is 1. The molecular weight excluding hydrogens is 166 g/mol. The Morgan fingerprint density at radius 3 is 3.18 bits per heavy atom. The summed E-state index contributed by atoms with van der Waals surface area (Å²) >= 11 is 1.43. The molecule has 0 bridgehead atoms. The zero-order valence-electron chi connectivity index (χ0n) is 5.99. The van der Waals surface area contributed by atoms with Crippen molar-refractivity contribution in [2.45, 2.75) is 5.50 Å². The van der Waals surface area contributed by atoms with E-state index in [0.717, 1.165) is 0 Å². The van der Waals surface area contributed by atoms with E-state index in [1.807, 2.05) is 0 Å².